The molecule has 3 rings (SSSR count). The number of carbonyl (C=O) groups is 1. The van der Waals surface area contributed by atoms with Crippen molar-refractivity contribution in [2.24, 2.45) is 11.3 Å². The number of rotatable bonds is 6. The highest BCUT2D eigenvalue weighted by atomic mass is 35.5. The molecular formula is C18H34ClN3O4S. The Morgan fingerprint density at radius 1 is 1.22 bits per heavy atom. The number of amides is 1. The summed E-state index contributed by atoms with van der Waals surface area (Å²) >= 11 is 0. The van der Waals surface area contributed by atoms with Crippen LogP contribution >= 0.6 is 12.4 Å². The molecule has 1 aliphatic carbocycles. The van der Waals surface area contributed by atoms with Crippen molar-refractivity contribution in [3.63, 3.8) is 0 Å². The number of piperazine rings is 1. The van der Waals surface area contributed by atoms with E-state index in [2.05, 4.69) is 5.32 Å². The molecule has 0 spiro atoms. The summed E-state index contributed by atoms with van der Waals surface area (Å²) in [4.78, 5) is 15.2. The molecule has 2 atom stereocenters. The topological polar surface area (TPSA) is 79.0 Å². The number of carbonyl (C=O) groups excluding carboxylic acids is 1. The van der Waals surface area contributed by atoms with Gasteiger partial charge in [-0.05, 0) is 39.2 Å². The summed E-state index contributed by atoms with van der Waals surface area (Å²) in [5, 5.41) is 3.42. The molecule has 158 valence electrons. The van der Waals surface area contributed by atoms with E-state index in [4.69, 9.17) is 4.74 Å². The summed E-state index contributed by atoms with van der Waals surface area (Å²) in [6.45, 7) is 7.51. The van der Waals surface area contributed by atoms with Crippen LogP contribution in [0.3, 0.4) is 0 Å². The van der Waals surface area contributed by atoms with Gasteiger partial charge in [0.25, 0.3) is 0 Å². The predicted octanol–water partition coefficient (Wildman–Crippen LogP) is 1.09. The molecule has 0 aromatic heterocycles. The van der Waals surface area contributed by atoms with Gasteiger partial charge in [0.05, 0.1) is 23.9 Å². The fourth-order valence-electron chi connectivity index (χ4n) is 4.67. The van der Waals surface area contributed by atoms with Crippen LogP contribution in [0.15, 0.2) is 0 Å². The van der Waals surface area contributed by atoms with Gasteiger partial charge in [-0.25, -0.2) is 8.42 Å². The Bertz CT molecular complexity index is 608. The number of ether oxygens (including phenoxy) is 1. The molecule has 0 bridgehead atoms. The summed E-state index contributed by atoms with van der Waals surface area (Å²) in [5.74, 6) is 0.695. The first-order chi connectivity index (χ1) is 12.3. The van der Waals surface area contributed by atoms with E-state index in [9.17, 15) is 13.2 Å². The molecule has 0 aromatic rings. The number of hydrogen-bond acceptors (Lipinski definition) is 5. The van der Waals surface area contributed by atoms with Gasteiger partial charge in [0.15, 0.2) is 0 Å². The number of sulfonamides is 1. The van der Waals surface area contributed by atoms with Gasteiger partial charge in [-0.15, -0.1) is 12.4 Å². The number of nitrogens with zero attached hydrogens (tertiary/aromatic N) is 2. The highest BCUT2D eigenvalue weighted by Gasteiger charge is 2.51. The van der Waals surface area contributed by atoms with E-state index < -0.39 is 10.0 Å². The molecule has 1 saturated carbocycles. The smallest absolute Gasteiger partial charge is 0.230 e. The van der Waals surface area contributed by atoms with Crippen molar-refractivity contribution in [2.45, 2.75) is 45.6 Å². The monoisotopic (exact) mass is 423 g/mol. The van der Waals surface area contributed by atoms with Crippen molar-refractivity contribution in [3.8, 4) is 0 Å². The molecule has 2 saturated heterocycles. The molecule has 2 heterocycles. The van der Waals surface area contributed by atoms with Gasteiger partial charge in [-0.3, -0.25) is 4.79 Å². The number of halogens is 1. The maximum atomic E-state index is 13.3. The van der Waals surface area contributed by atoms with Gasteiger partial charge in [0.1, 0.15) is 0 Å². The fraction of sp³-hybridized carbons (Fsp3) is 0.944. The molecule has 0 aromatic carbocycles. The second-order valence-electron chi connectivity index (χ2n) is 8.16. The third-order valence-corrected chi connectivity index (χ3v) is 8.01. The number of fused-ring (bicyclic) bond motifs is 1. The molecule has 2 aliphatic heterocycles. The summed E-state index contributed by atoms with van der Waals surface area (Å²) in [7, 11) is -3.31. The molecule has 3 aliphatic rings. The van der Waals surface area contributed by atoms with Crippen LogP contribution in [0.25, 0.3) is 0 Å². The highest BCUT2D eigenvalue weighted by molar-refractivity contribution is 7.89. The van der Waals surface area contributed by atoms with Gasteiger partial charge in [0.2, 0.25) is 15.9 Å². The zero-order valence-corrected chi connectivity index (χ0v) is 18.1. The van der Waals surface area contributed by atoms with Crippen molar-refractivity contribution in [3.05, 3.63) is 0 Å². The first-order valence-corrected chi connectivity index (χ1v) is 11.6. The molecule has 9 heteroatoms. The Morgan fingerprint density at radius 2 is 1.93 bits per heavy atom. The Hall–Kier alpha value is -0.410. The standard InChI is InChI=1S/C18H33N3O4S.ClH/c1-15(2)25-11-12-26(23,24)21-9-7-20(8-10-21)17(22)18-6-4-3-5-16(18)13-19-14-18;/h15-16,19H,3-14H2,1-2H3;1H/t16-,18+;/m0./s1. The first-order valence-electron chi connectivity index (χ1n) is 9.95. The van der Waals surface area contributed by atoms with Crippen LogP contribution in [0.2, 0.25) is 0 Å². The van der Waals surface area contributed by atoms with Crippen LogP contribution in [0.4, 0.5) is 0 Å². The highest BCUT2D eigenvalue weighted by Crippen LogP contribution is 2.45. The summed E-state index contributed by atoms with van der Waals surface area (Å²) < 4.78 is 31.8. The zero-order valence-electron chi connectivity index (χ0n) is 16.5. The fourth-order valence-corrected chi connectivity index (χ4v) is 5.96. The van der Waals surface area contributed by atoms with Crippen LogP contribution in [-0.4, -0.2) is 81.3 Å². The third kappa shape index (κ3) is 4.96. The van der Waals surface area contributed by atoms with Gasteiger partial charge in [-0.1, -0.05) is 12.8 Å². The van der Waals surface area contributed by atoms with Gasteiger partial charge < -0.3 is 15.0 Å². The van der Waals surface area contributed by atoms with Crippen LogP contribution in [0.1, 0.15) is 39.5 Å². The molecule has 0 radical (unpaired) electrons. The van der Waals surface area contributed by atoms with E-state index in [-0.39, 0.29) is 42.2 Å². The van der Waals surface area contributed by atoms with E-state index in [1.54, 1.807) is 0 Å². The largest absolute Gasteiger partial charge is 0.378 e. The maximum Gasteiger partial charge on any atom is 0.230 e. The molecular weight excluding hydrogens is 390 g/mol. The van der Waals surface area contributed by atoms with Crippen molar-refractivity contribution in [2.75, 3.05) is 51.6 Å². The van der Waals surface area contributed by atoms with Crippen LogP contribution in [0.5, 0.6) is 0 Å². The average Bonchev–Trinajstić information content (AvgIpc) is 3.06. The van der Waals surface area contributed by atoms with Crippen LogP contribution < -0.4 is 5.32 Å². The van der Waals surface area contributed by atoms with Gasteiger partial charge >= 0.3 is 0 Å². The SMILES string of the molecule is CC(C)OCCS(=O)(=O)N1CCN(C(=O)[C@@]23CCCC[C@H]2CNC3)CC1.Cl. The van der Waals surface area contributed by atoms with Crippen molar-refractivity contribution < 1.29 is 17.9 Å². The summed E-state index contributed by atoms with van der Waals surface area (Å²) in [6, 6.07) is 0. The second kappa shape index (κ2) is 9.39. The minimum Gasteiger partial charge on any atom is -0.378 e. The lowest BCUT2D eigenvalue weighted by molar-refractivity contribution is -0.146. The molecule has 0 unspecified atom stereocenters. The maximum absolute atomic E-state index is 13.3. The quantitative estimate of drug-likeness (QED) is 0.691. The lowest BCUT2D eigenvalue weighted by atomic mass is 9.67. The van der Waals surface area contributed by atoms with Crippen molar-refractivity contribution in [1.29, 1.82) is 0 Å². The molecule has 27 heavy (non-hydrogen) atoms. The third-order valence-electron chi connectivity index (χ3n) is 6.18. The van der Waals surface area contributed by atoms with Gasteiger partial charge in [-0.2, -0.15) is 4.31 Å². The minimum atomic E-state index is -3.31. The summed E-state index contributed by atoms with van der Waals surface area (Å²) in [5.41, 5.74) is -0.246. The summed E-state index contributed by atoms with van der Waals surface area (Å²) in [6.07, 6.45) is 4.46. The zero-order chi connectivity index (χ0) is 18.8. The molecule has 1 amide bonds. The Morgan fingerprint density at radius 3 is 2.59 bits per heavy atom. The number of nitrogens with one attached hydrogen (secondary N) is 1. The lowest BCUT2D eigenvalue weighted by Crippen LogP contribution is -2.56. The Labute approximate surface area is 169 Å². The first kappa shape index (κ1) is 22.9. The Kier molecular flexibility index (Phi) is 7.96. The van der Waals surface area contributed by atoms with E-state index >= 15 is 0 Å². The molecule has 7 nitrogen and oxygen atoms in total. The van der Waals surface area contributed by atoms with Crippen molar-refractivity contribution >= 4 is 28.3 Å². The van der Waals surface area contributed by atoms with E-state index in [1.807, 2.05) is 18.7 Å². The second-order valence-corrected chi connectivity index (χ2v) is 10.2. The van der Waals surface area contributed by atoms with Crippen molar-refractivity contribution in [1.82, 2.24) is 14.5 Å². The molecule has 3 fully saturated rings. The predicted molar refractivity (Wildman–Crippen MR) is 108 cm³/mol. The van der Waals surface area contributed by atoms with Crippen LogP contribution in [-0.2, 0) is 19.6 Å². The van der Waals surface area contributed by atoms with Gasteiger partial charge in [0, 0.05) is 32.7 Å². The van der Waals surface area contributed by atoms with E-state index in [0.29, 0.717) is 32.1 Å². The van der Waals surface area contributed by atoms with E-state index in [0.717, 1.165) is 32.4 Å². The lowest BCUT2D eigenvalue weighted by Gasteiger charge is -2.43. The average molecular weight is 424 g/mol. The normalized spacial score (nSPS) is 29.4. The number of hydrogen-bond donors (Lipinski definition) is 1. The molecule has 1 N–H and O–H groups in total. The van der Waals surface area contributed by atoms with E-state index in [1.165, 1.54) is 10.7 Å². The van der Waals surface area contributed by atoms with Crippen LogP contribution in [0, 0.1) is 11.3 Å². The Balaban J connectivity index is 0.00000261. The minimum absolute atomic E-state index is 0.